The first-order chi connectivity index (χ1) is 21.8. The molecule has 6 unspecified atom stereocenters. The number of ether oxygens (including phenoxy) is 1. The van der Waals surface area contributed by atoms with Crippen molar-refractivity contribution in [3.8, 4) is 0 Å². The zero-order chi connectivity index (χ0) is 33.1. The lowest BCUT2D eigenvalue weighted by Gasteiger charge is -2.22. The molecule has 0 aromatic heterocycles. The summed E-state index contributed by atoms with van der Waals surface area (Å²) in [6.07, 6.45) is 36.9. The van der Waals surface area contributed by atoms with Crippen LogP contribution in [0.15, 0.2) is 48.6 Å². The molecule has 7 aliphatic rings. The second-order valence-corrected chi connectivity index (χ2v) is 12.3. The van der Waals surface area contributed by atoms with Gasteiger partial charge in [0.05, 0.1) is 36.6 Å². The normalized spacial score (nSPS) is 30.5. The van der Waals surface area contributed by atoms with Crippen LogP contribution in [-0.2, 0) is 14.3 Å². The highest BCUT2D eigenvalue weighted by Crippen LogP contribution is 2.35. The number of carbonyl (C=O) groups is 2. The van der Waals surface area contributed by atoms with Gasteiger partial charge >= 0.3 is 0 Å². The minimum Gasteiger partial charge on any atom is -0.390 e. The molecule has 0 aromatic rings. The maximum absolute atomic E-state index is 10.4. The van der Waals surface area contributed by atoms with Gasteiger partial charge in [0.1, 0.15) is 0 Å². The number of epoxide rings is 1. The van der Waals surface area contributed by atoms with E-state index < -0.39 is 12.2 Å². The molecule has 1 heterocycles. The highest BCUT2D eigenvalue weighted by molar-refractivity contribution is 5.90. The van der Waals surface area contributed by atoms with Gasteiger partial charge in [-0.15, -0.1) is 0 Å². The molecule has 9 heteroatoms. The Labute approximate surface area is 269 Å². The van der Waals surface area contributed by atoms with E-state index in [0.717, 1.165) is 64.2 Å². The molecule has 0 spiro atoms. The van der Waals surface area contributed by atoms with Crippen molar-refractivity contribution in [3.05, 3.63) is 58.5 Å². The molecule has 256 valence electrons. The summed E-state index contributed by atoms with van der Waals surface area (Å²) in [7, 11) is 0. The van der Waals surface area contributed by atoms with Crippen molar-refractivity contribution in [3.63, 3.8) is 0 Å². The van der Waals surface area contributed by atoms with Crippen LogP contribution >= 0.6 is 0 Å². The number of allylic oxidation sites excluding steroid dienone is 6. The van der Waals surface area contributed by atoms with Crippen LogP contribution in [0.1, 0.15) is 128 Å². The van der Waals surface area contributed by atoms with Gasteiger partial charge in [-0.25, -0.2) is 0 Å². The first-order valence-corrected chi connectivity index (χ1v) is 17.1. The van der Waals surface area contributed by atoms with Gasteiger partial charge in [0.2, 0.25) is 0 Å². The fourth-order valence-electron chi connectivity index (χ4n) is 5.40. The minimum absolute atomic E-state index is 0.121. The lowest BCUT2D eigenvalue weighted by atomic mass is 9.95. The molecule has 6 aliphatic carbocycles. The monoisotopic (exact) mass is 634 g/mol. The number of hydrogen-bond donors (Lipinski definition) is 4. The van der Waals surface area contributed by atoms with E-state index in [4.69, 9.17) is 35.1 Å². The Balaban J connectivity index is 0.000000267. The summed E-state index contributed by atoms with van der Waals surface area (Å²) in [5.41, 5.74) is 0. The third-order valence-corrected chi connectivity index (χ3v) is 8.28. The maximum Gasteiger partial charge on any atom is 0.155 e. The lowest BCUT2D eigenvalue weighted by molar-refractivity contribution is -0.116. The predicted molar refractivity (Wildman–Crippen MR) is 178 cm³/mol. The van der Waals surface area contributed by atoms with Gasteiger partial charge in [-0.3, -0.25) is 9.59 Å². The number of aliphatic hydroxyl groups excluding tert-OH is 4. The van der Waals surface area contributed by atoms with Crippen molar-refractivity contribution >= 4 is 11.6 Å². The van der Waals surface area contributed by atoms with Gasteiger partial charge in [0, 0.05) is 22.8 Å². The Morgan fingerprint density at radius 2 is 1.00 bits per heavy atom. The van der Waals surface area contributed by atoms with Gasteiger partial charge < -0.3 is 25.2 Å². The Morgan fingerprint density at radius 1 is 0.489 bits per heavy atom. The van der Waals surface area contributed by atoms with Crippen molar-refractivity contribution in [1.82, 2.24) is 0 Å². The summed E-state index contributed by atoms with van der Waals surface area (Å²) in [5.74, 6) is 0.404. The van der Waals surface area contributed by atoms with Gasteiger partial charge in [-0.1, -0.05) is 62.1 Å². The molecular formula is C36H58O9. The van der Waals surface area contributed by atoms with Crippen LogP contribution in [0.2, 0.25) is 0 Å². The standard InChI is InChI=1S/C6H8O2.C6H12O2.2C6H10O.C6H8O.C6H10.O2/c7-5-1-2-6(8)4-3-5;7-5-3-1-2-4-6(5)8;1-2-4-6-5(3-1)7-6;2*7-6-4-2-1-3-5-6;1-2-4-6-5-3-1;1-2/h1-2,5,7H,3-4H2;5-8H,1-4H2;5-6H,1-4H2;2,4,6-7H,1,3,5H2;2,4H,1,3,5H2;1-2H,3-6H2;. The van der Waals surface area contributed by atoms with E-state index in [-0.39, 0.29) is 23.8 Å². The van der Waals surface area contributed by atoms with Gasteiger partial charge in [-0.05, 0) is 102 Å². The summed E-state index contributed by atoms with van der Waals surface area (Å²) in [4.78, 5) is 34.8. The van der Waals surface area contributed by atoms with Crippen molar-refractivity contribution < 1.29 is 34.8 Å². The zero-order valence-electron chi connectivity index (χ0n) is 27.1. The number of rotatable bonds is 0. The van der Waals surface area contributed by atoms with E-state index >= 15 is 0 Å². The quantitative estimate of drug-likeness (QED) is 0.173. The first kappa shape index (κ1) is 40.7. The second-order valence-electron chi connectivity index (χ2n) is 12.3. The summed E-state index contributed by atoms with van der Waals surface area (Å²) in [5, 5.41) is 35.5. The summed E-state index contributed by atoms with van der Waals surface area (Å²) in [6.45, 7) is 0. The first-order valence-electron chi connectivity index (χ1n) is 17.1. The largest absolute Gasteiger partial charge is 0.390 e. The topological polar surface area (TPSA) is 162 Å². The van der Waals surface area contributed by atoms with Crippen molar-refractivity contribution in [2.24, 2.45) is 0 Å². The van der Waals surface area contributed by atoms with E-state index in [1.54, 1.807) is 6.08 Å². The molecular weight excluding hydrogens is 576 g/mol. The number of ketones is 2. The van der Waals surface area contributed by atoms with Crippen LogP contribution in [0, 0.1) is 9.93 Å². The molecule has 45 heavy (non-hydrogen) atoms. The average Bonchev–Trinajstić information content (AvgIpc) is 3.88. The maximum atomic E-state index is 10.4. The number of hydrogen-bond acceptors (Lipinski definition) is 9. The van der Waals surface area contributed by atoms with E-state index in [0.29, 0.717) is 25.0 Å². The minimum atomic E-state index is -0.441. The van der Waals surface area contributed by atoms with Gasteiger partial charge in [0.25, 0.3) is 0 Å². The summed E-state index contributed by atoms with van der Waals surface area (Å²) < 4.78 is 5.28. The molecule has 9 nitrogen and oxygen atoms in total. The number of carbonyl (C=O) groups excluding carboxylic acids is 2. The molecule has 0 bridgehead atoms. The van der Waals surface area contributed by atoms with Gasteiger partial charge in [0.15, 0.2) is 11.6 Å². The van der Waals surface area contributed by atoms with Crippen LogP contribution < -0.4 is 0 Å². The van der Waals surface area contributed by atoms with E-state index in [9.17, 15) is 9.59 Å². The fourth-order valence-corrected chi connectivity index (χ4v) is 5.40. The smallest absolute Gasteiger partial charge is 0.155 e. The van der Waals surface area contributed by atoms with Crippen LogP contribution in [0.4, 0.5) is 0 Å². The molecule has 7 rings (SSSR count). The van der Waals surface area contributed by atoms with E-state index in [1.165, 1.54) is 63.5 Å². The van der Waals surface area contributed by atoms with Crippen molar-refractivity contribution in [2.45, 2.75) is 165 Å². The fraction of sp³-hybridized carbons (Fsp3) is 0.722. The summed E-state index contributed by atoms with van der Waals surface area (Å²) >= 11 is 0. The average molecular weight is 635 g/mol. The Bertz CT molecular complexity index is 869. The van der Waals surface area contributed by atoms with E-state index in [1.807, 2.05) is 18.2 Å². The molecule has 3 fully saturated rings. The Hall–Kier alpha value is -2.30. The molecule has 4 N–H and O–H groups in total. The lowest BCUT2D eigenvalue weighted by Crippen LogP contribution is -2.28. The Morgan fingerprint density at radius 3 is 1.29 bits per heavy atom. The second kappa shape index (κ2) is 26.9. The molecule has 0 aromatic carbocycles. The van der Waals surface area contributed by atoms with Crippen LogP contribution in [0.3, 0.4) is 0 Å². The third kappa shape index (κ3) is 22.8. The predicted octanol–water partition coefficient (Wildman–Crippen LogP) is 6.44. The number of aliphatic hydroxyl groups is 4. The molecule has 1 saturated heterocycles. The SMILES string of the molecule is C1=CCCCC1.C1CCC2OC2C1.O=C1C=CC(O)CC1.O=C1C=CCCC1.O=O.OC1C=CCCC1.OC1CCCCC1O. The van der Waals surface area contributed by atoms with Crippen molar-refractivity contribution in [2.75, 3.05) is 0 Å². The molecule has 0 radical (unpaired) electrons. The molecule has 1 aliphatic heterocycles. The molecule has 0 amide bonds. The van der Waals surface area contributed by atoms with Crippen LogP contribution in [-0.4, -0.2) is 68.6 Å². The van der Waals surface area contributed by atoms with Gasteiger partial charge in [-0.2, -0.15) is 0 Å². The van der Waals surface area contributed by atoms with Crippen LogP contribution in [0.5, 0.6) is 0 Å². The Kier molecular flexibility index (Phi) is 24.3. The van der Waals surface area contributed by atoms with Crippen molar-refractivity contribution in [1.29, 1.82) is 0 Å². The molecule has 6 atom stereocenters. The highest BCUT2D eigenvalue weighted by atomic mass is 16.7. The molecule has 2 saturated carbocycles. The number of fused-ring (bicyclic) bond motifs is 1. The zero-order valence-corrected chi connectivity index (χ0v) is 27.1. The highest BCUT2D eigenvalue weighted by Gasteiger charge is 2.39. The summed E-state index contributed by atoms with van der Waals surface area (Å²) in [6, 6.07) is 0. The van der Waals surface area contributed by atoms with E-state index in [2.05, 4.69) is 12.2 Å². The van der Waals surface area contributed by atoms with Crippen LogP contribution in [0.25, 0.3) is 0 Å². The third-order valence-electron chi connectivity index (χ3n) is 8.28.